The van der Waals surface area contributed by atoms with Gasteiger partial charge in [0.05, 0.1) is 60.5 Å². The number of pyridine rings is 2. The minimum atomic E-state index is -0.338. The fraction of sp³-hybridized carbons (Fsp3) is 0.393. The molecule has 4 fully saturated rings. The van der Waals surface area contributed by atoms with Crippen molar-refractivity contribution in [3.8, 4) is 23.2 Å². The number of hydrogen-bond acceptors (Lipinski definition) is 10. The monoisotopic (exact) mass is 523 g/mol. The molecule has 0 aliphatic carbocycles. The molecule has 4 saturated heterocycles. The first kappa shape index (κ1) is 23.8. The molecular weight excluding hydrogens is 494 g/mol. The van der Waals surface area contributed by atoms with Crippen molar-refractivity contribution in [3.05, 3.63) is 60.3 Å². The summed E-state index contributed by atoms with van der Waals surface area (Å²) in [7, 11) is 1.63. The van der Waals surface area contributed by atoms with Gasteiger partial charge >= 0.3 is 0 Å². The van der Waals surface area contributed by atoms with Crippen molar-refractivity contribution in [1.82, 2.24) is 29.5 Å². The van der Waals surface area contributed by atoms with Crippen molar-refractivity contribution in [1.29, 1.82) is 5.26 Å². The molecule has 4 aromatic heterocycles. The van der Waals surface area contributed by atoms with E-state index in [0.717, 1.165) is 49.7 Å². The fourth-order valence-electron chi connectivity index (χ4n) is 6.13. The molecule has 0 amide bonds. The maximum absolute atomic E-state index is 10.0. The van der Waals surface area contributed by atoms with Gasteiger partial charge in [0.15, 0.2) is 0 Å². The summed E-state index contributed by atoms with van der Waals surface area (Å²) < 4.78 is 6.91. The van der Waals surface area contributed by atoms with E-state index in [2.05, 4.69) is 36.9 Å². The van der Waals surface area contributed by atoms with Crippen molar-refractivity contribution >= 4 is 17.0 Å². The highest BCUT2D eigenvalue weighted by molar-refractivity contribution is 5.85. The first-order chi connectivity index (χ1) is 19.1. The molecule has 3 atom stereocenters. The van der Waals surface area contributed by atoms with Gasteiger partial charge in [-0.2, -0.15) is 10.4 Å². The van der Waals surface area contributed by atoms with Crippen LogP contribution in [0.25, 0.3) is 16.8 Å². The Morgan fingerprint density at radius 1 is 1.05 bits per heavy atom. The number of piperazine rings is 1. The number of aliphatic hydroxyl groups is 1. The molecule has 11 heteroatoms. The highest BCUT2D eigenvalue weighted by Gasteiger charge is 2.44. The van der Waals surface area contributed by atoms with Crippen LogP contribution in [0.2, 0.25) is 0 Å². The molecule has 2 bridgehead atoms. The first-order valence-corrected chi connectivity index (χ1v) is 13.3. The lowest BCUT2D eigenvalue weighted by atomic mass is 9.87. The topological polar surface area (TPSA) is 119 Å². The Kier molecular flexibility index (Phi) is 5.79. The Hall–Kier alpha value is -4.27. The van der Waals surface area contributed by atoms with Gasteiger partial charge in [0.1, 0.15) is 11.9 Å². The van der Waals surface area contributed by atoms with Gasteiger partial charge in [0.2, 0.25) is 5.88 Å². The molecule has 4 aliphatic rings. The molecule has 39 heavy (non-hydrogen) atoms. The maximum Gasteiger partial charge on any atom is 0.212 e. The molecule has 8 heterocycles. The average Bonchev–Trinajstić information content (AvgIpc) is 3.62. The zero-order chi connectivity index (χ0) is 26.5. The van der Waals surface area contributed by atoms with Crippen LogP contribution in [-0.2, 0) is 6.54 Å². The standard InChI is InChI=1S/C28H29N9O2/c1-39-27-3-2-18(9-32-27)13-36-21-6-22(36)15-35(14-21)26-12-30-25(11-31-26)24-7-20(34-5-4-23(38)17-34)16-37-28(24)19(8-29)10-33-37/h2-3,7,9-12,16,21-23,38H,4-6,13-15,17H2,1H3/t21?,22?,23-/m0/s1. The van der Waals surface area contributed by atoms with Crippen LogP contribution in [-0.4, -0.2) is 86.0 Å². The highest BCUT2D eigenvalue weighted by Crippen LogP contribution is 2.36. The summed E-state index contributed by atoms with van der Waals surface area (Å²) in [6.07, 6.45) is 10.6. The predicted octanol–water partition coefficient (Wildman–Crippen LogP) is 2.10. The Labute approximate surface area is 225 Å². The van der Waals surface area contributed by atoms with E-state index in [4.69, 9.17) is 14.7 Å². The summed E-state index contributed by atoms with van der Waals surface area (Å²) in [6.45, 7) is 4.05. The zero-order valence-electron chi connectivity index (χ0n) is 21.7. The first-order valence-electron chi connectivity index (χ1n) is 13.3. The molecular formula is C28H29N9O2. The molecule has 0 spiro atoms. The molecule has 2 unspecified atom stereocenters. The molecule has 4 aliphatic heterocycles. The van der Waals surface area contributed by atoms with Crippen LogP contribution in [0.4, 0.5) is 11.5 Å². The molecule has 198 valence electrons. The molecule has 4 aromatic rings. The largest absolute Gasteiger partial charge is 0.481 e. The second kappa shape index (κ2) is 9.48. The van der Waals surface area contributed by atoms with Crippen molar-refractivity contribution in [2.75, 3.05) is 43.1 Å². The number of rotatable bonds is 6. The molecule has 8 rings (SSSR count). The number of piperidine rings is 1. The quantitative estimate of drug-likeness (QED) is 0.402. The van der Waals surface area contributed by atoms with Gasteiger partial charge in [0.25, 0.3) is 0 Å². The van der Waals surface area contributed by atoms with Crippen molar-refractivity contribution in [2.24, 2.45) is 0 Å². The van der Waals surface area contributed by atoms with Gasteiger partial charge in [0, 0.05) is 62.6 Å². The molecule has 0 radical (unpaired) electrons. The lowest BCUT2D eigenvalue weighted by molar-refractivity contribution is -0.00879. The van der Waals surface area contributed by atoms with Crippen molar-refractivity contribution < 1.29 is 9.84 Å². The van der Waals surface area contributed by atoms with E-state index in [1.807, 2.05) is 30.7 Å². The number of nitrogens with zero attached hydrogens (tertiary/aromatic N) is 9. The normalized spacial score (nSPS) is 22.6. The van der Waals surface area contributed by atoms with Gasteiger partial charge in [-0.15, -0.1) is 0 Å². The number of hydrogen-bond donors (Lipinski definition) is 1. The minimum absolute atomic E-state index is 0.338. The number of nitriles is 1. The summed E-state index contributed by atoms with van der Waals surface area (Å²) in [5.41, 5.74) is 4.84. The van der Waals surface area contributed by atoms with E-state index in [1.54, 1.807) is 24.0 Å². The predicted molar refractivity (Wildman–Crippen MR) is 145 cm³/mol. The van der Waals surface area contributed by atoms with Crippen LogP contribution in [0.5, 0.6) is 5.88 Å². The number of methoxy groups -OCH3 is 1. The summed E-state index contributed by atoms with van der Waals surface area (Å²) in [5.74, 6) is 1.50. The maximum atomic E-state index is 10.0. The smallest absolute Gasteiger partial charge is 0.212 e. The number of anilines is 2. The second-order valence-electron chi connectivity index (χ2n) is 10.6. The van der Waals surface area contributed by atoms with Gasteiger partial charge in [-0.25, -0.2) is 14.5 Å². The summed E-state index contributed by atoms with van der Waals surface area (Å²) >= 11 is 0. The average molecular weight is 524 g/mol. The Morgan fingerprint density at radius 3 is 2.59 bits per heavy atom. The summed E-state index contributed by atoms with van der Waals surface area (Å²) in [4.78, 5) is 20.9. The summed E-state index contributed by atoms with van der Waals surface area (Å²) in [5, 5.41) is 24.1. The van der Waals surface area contributed by atoms with E-state index in [0.29, 0.717) is 41.3 Å². The SMILES string of the molecule is COc1ccc(CN2C3CC2CN(c2cnc(-c4cc(N5CC[C@H](O)C5)cn5ncc(C#N)c45)cn2)C3)cn1. The Morgan fingerprint density at radius 2 is 1.92 bits per heavy atom. The van der Waals surface area contributed by atoms with Gasteiger partial charge in [-0.3, -0.25) is 9.88 Å². The van der Waals surface area contributed by atoms with Crippen molar-refractivity contribution in [3.63, 3.8) is 0 Å². The Balaban J connectivity index is 1.10. The van der Waals surface area contributed by atoms with Crippen molar-refractivity contribution in [2.45, 2.75) is 37.6 Å². The fourth-order valence-corrected chi connectivity index (χ4v) is 6.13. The van der Waals surface area contributed by atoms with E-state index in [1.165, 1.54) is 12.0 Å². The minimum Gasteiger partial charge on any atom is -0.481 e. The molecule has 0 aromatic carbocycles. The highest BCUT2D eigenvalue weighted by atomic mass is 16.5. The Bertz CT molecular complexity index is 1530. The zero-order valence-corrected chi connectivity index (χ0v) is 21.7. The lowest BCUT2D eigenvalue weighted by Gasteiger charge is -2.56. The number of fused-ring (bicyclic) bond motifs is 3. The third-order valence-corrected chi connectivity index (χ3v) is 8.20. The van der Waals surface area contributed by atoms with Gasteiger partial charge in [-0.1, -0.05) is 6.07 Å². The van der Waals surface area contributed by atoms with Crippen LogP contribution in [0.3, 0.4) is 0 Å². The lowest BCUT2D eigenvalue weighted by Crippen LogP contribution is -2.68. The van der Waals surface area contributed by atoms with Crippen LogP contribution >= 0.6 is 0 Å². The molecule has 0 saturated carbocycles. The van der Waals surface area contributed by atoms with E-state index in [-0.39, 0.29) is 6.10 Å². The number of aromatic nitrogens is 5. The molecule has 1 N–H and O–H groups in total. The van der Waals surface area contributed by atoms with Crippen LogP contribution < -0.4 is 14.5 Å². The number of aliphatic hydroxyl groups excluding tert-OH is 1. The van der Waals surface area contributed by atoms with Crippen LogP contribution in [0.1, 0.15) is 24.0 Å². The van der Waals surface area contributed by atoms with E-state index >= 15 is 0 Å². The van der Waals surface area contributed by atoms with Crippen LogP contribution in [0, 0.1) is 11.3 Å². The molecule has 11 nitrogen and oxygen atoms in total. The summed E-state index contributed by atoms with van der Waals surface area (Å²) in [6, 6.07) is 9.22. The van der Waals surface area contributed by atoms with Gasteiger partial charge in [-0.05, 0) is 24.5 Å². The third kappa shape index (κ3) is 4.22. The van der Waals surface area contributed by atoms with E-state index in [9.17, 15) is 10.4 Å². The third-order valence-electron chi connectivity index (χ3n) is 8.20. The van der Waals surface area contributed by atoms with Gasteiger partial charge < -0.3 is 19.6 Å². The number of β-amino-alcohol motifs (C(OH)–C–C–N with tert-alkyl or cyclic N) is 1. The van der Waals surface area contributed by atoms with E-state index < -0.39 is 0 Å². The second-order valence-corrected chi connectivity index (χ2v) is 10.6. The number of ether oxygens (including phenoxy) is 1. The van der Waals surface area contributed by atoms with Crippen LogP contribution in [0.15, 0.2) is 49.2 Å².